The monoisotopic (exact) mass is 1250 g/mol. The van der Waals surface area contributed by atoms with Crippen LogP contribution in [0.15, 0.2) is 0 Å². The third-order valence-electron chi connectivity index (χ3n) is 16.1. The number of carbonyl (C=O) groups is 6. The highest BCUT2D eigenvalue weighted by Gasteiger charge is 2.44. The number of aliphatic hydroxyl groups is 9. The Hall–Kier alpha value is -3.10. The van der Waals surface area contributed by atoms with Gasteiger partial charge in [0.15, 0.2) is 18.9 Å². The number of ketones is 4. The van der Waals surface area contributed by atoms with Crippen molar-refractivity contribution in [1.82, 2.24) is 10.6 Å². The quantitative estimate of drug-likeness (QED) is 0.0379. The molecule has 0 bridgehead atoms. The second-order valence-corrected chi connectivity index (χ2v) is 24.0. The van der Waals surface area contributed by atoms with E-state index in [0.717, 1.165) is 6.42 Å². The number of nitrogens with one attached hydrogen (secondary N) is 2. The minimum Gasteiger partial charge on any atom is -0.394 e. The fraction of sp³-hybridized carbons (Fsp3) is 0.902. The molecule has 3 saturated heterocycles. The molecule has 16 atom stereocenters. The Morgan fingerprint density at radius 2 is 0.667 bits per heavy atom. The summed E-state index contributed by atoms with van der Waals surface area (Å²) in [7, 11) is 0. The molecule has 0 aliphatic carbocycles. The first-order valence-electron chi connectivity index (χ1n) is 31.7. The van der Waals surface area contributed by atoms with Gasteiger partial charge in [-0.05, 0) is 64.2 Å². The number of unbranched alkanes of at least 4 members (excludes halogenated alkanes) is 5. The maximum Gasteiger partial charge on any atom is 0.222 e. The van der Waals surface area contributed by atoms with Gasteiger partial charge in [-0.25, -0.2) is 0 Å². The van der Waals surface area contributed by atoms with E-state index in [-0.39, 0.29) is 126 Å². The van der Waals surface area contributed by atoms with E-state index in [9.17, 15) is 74.7 Å². The maximum atomic E-state index is 12.8. The summed E-state index contributed by atoms with van der Waals surface area (Å²) in [4.78, 5) is 75.5. The number of aliphatic hydroxyl groups excluding tert-OH is 9. The summed E-state index contributed by atoms with van der Waals surface area (Å²) in [5.74, 6) is -1.74. The van der Waals surface area contributed by atoms with E-state index >= 15 is 0 Å². The van der Waals surface area contributed by atoms with Crippen LogP contribution in [0.2, 0.25) is 0 Å². The fourth-order valence-corrected chi connectivity index (χ4v) is 10.2. The molecule has 0 spiro atoms. The van der Waals surface area contributed by atoms with Gasteiger partial charge in [0.05, 0.1) is 77.8 Å². The van der Waals surface area contributed by atoms with Crippen molar-refractivity contribution >= 4 is 34.9 Å². The first-order chi connectivity index (χ1) is 41.6. The molecule has 2 amide bonds. The zero-order valence-corrected chi connectivity index (χ0v) is 52.1. The SMILES string of the molecule is CC1C(OCCCCC(=O)CCCCCC(=O)CCOCC(C)(COCCC(=O)CCCC(=O)CCCCOC2OC(CO)C(O)C(O)C2C)COCCC(=O)NCCCNC(=O)CCCCOC2OC(CO)C(O)C(O)C2C)OC(CO)C(O)C1O. The Labute approximate surface area is 513 Å². The summed E-state index contributed by atoms with van der Waals surface area (Å²) in [5.41, 5.74) is -0.709. The Balaban J connectivity index is 1.30. The Morgan fingerprint density at radius 1 is 0.368 bits per heavy atom. The molecule has 3 rings (SSSR count). The number of carbonyl (C=O) groups excluding carboxylic acids is 6. The number of ether oxygens (including phenoxy) is 9. The van der Waals surface area contributed by atoms with Crippen molar-refractivity contribution in [2.45, 2.75) is 236 Å². The fourth-order valence-electron chi connectivity index (χ4n) is 10.2. The van der Waals surface area contributed by atoms with E-state index in [1.54, 1.807) is 20.8 Å². The molecule has 0 radical (unpaired) electrons. The second-order valence-electron chi connectivity index (χ2n) is 24.0. The van der Waals surface area contributed by atoms with E-state index in [0.29, 0.717) is 110 Å². The predicted octanol–water partition coefficient (Wildman–Crippen LogP) is 1.02. The van der Waals surface area contributed by atoms with Crippen molar-refractivity contribution < 1.29 is 117 Å². The molecular weight excluding hydrogens is 1140 g/mol. The summed E-state index contributed by atoms with van der Waals surface area (Å²) < 4.78 is 51.7. The Morgan fingerprint density at radius 3 is 1.02 bits per heavy atom. The standard InChI is InChI=1S/C61H108N2O24/c1-40-52(73)55(76)47(34-64)85-58(40)82-28-11-8-18-43(67)16-6-5-7-17-45(69)23-31-79-37-61(4,38-80-32-24-46(70)21-14-20-44(68)19-9-12-29-83-59-41(2)53(74)56(77)48(35-65)86-59)39-81-33-25-51(72)63-27-15-26-62-50(71)22-10-13-30-84-60-42(3)54(75)57(78)49(36-66)87-60/h40-42,47-49,52-60,64-66,73-78H,5-39H2,1-4H3,(H,62,71)(H,63,72). The molecule has 87 heavy (non-hydrogen) atoms. The van der Waals surface area contributed by atoms with Crippen molar-refractivity contribution in [2.24, 2.45) is 23.2 Å². The lowest BCUT2D eigenvalue weighted by Gasteiger charge is -2.40. The smallest absolute Gasteiger partial charge is 0.222 e. The molecule has 0 aromatic heterocycles. The summed E-state index contributed by atoms with van der Waals surface area (Å²) in [6.07, 6.45) is -3.09. The molecule has 3 heterocycles. The highest BCUT2D eigenvalue weighted by molar-refractivity contribution is 5.81. The molecule has 0 aromatic carbocycles. The van der Waals surface area contributed by atoms with E-state index in [2.05, 4.69) is 10.6 Å². The Kier molecular flexibility index (Phi) is 39.9. The van der Waals surface area contributed by atoms with Crippen LogP contribution in [0.4, 0.5) is 0 Å². The van der Waals surface area contributed by atoms with Gasteiger partial charge in [0, 0.05) is 120 Å². The lowest BCUT2D eigenvalue weighted by molar-refractivity contribution is -0.282. The van der Waals surface area contributed by atoms with Crippen LogP contribution in [0.1, 0.15) is 163 Å². The number of amides is 2. The third-order valence-corrected chi connectivity index (χ3v) is 16.1. The van der Waals surface area contributed by atoms with E-state index in [4.69, 9.17) is 42.6 Å². The van der Waals surface area contributed by atoms with Crippen LogP contribution in [0, 0.1) is 23.2 Å². The van der Waals surface area contributed by atoms with Crippen LogP contribution in [-0.4, -0.2) is 247 Å². The van der Waals surface area contributed by atoms with Gasteiger partial charge in [0.2, 0.25) is 11.8 Å². The summed E-state index contributed by atoms with van der Waals surface area (Å²) in [5, 5.41) is 94.6. The van der Waals surface area contributed by atoms with Gasteiger partial charge in [-0.15, -0.1) is 0 Å². The molecule has 3 aliphatic rings. The summed E-state index contributed by atoms with van der Waals surface area (Å²) in [6.45, 7) is 7.96. The van der Waals surface area contributed by atoms with Crippen molar-refractivity contribution in [3.05, 3.63) is 0 Å². The molecule has 0 saturated carbocycles. The van der Waals surface area contributed by atoms with Gasteiger partial charge in [-0.2, -0.15) is 0 Å². The lowest BCUT2D eigenvalue weighted by Crippen LogP contribution is -2.55. The van der Waals surface area contributed by atoms with Gasteiger partial charge in [-0.1, -0.05) is 34.1 Å². The first kappa shape index (κ1) is 78.1. The van der Waals surface area contributed by atoms with Crippen LogP contribution in [0.5, 0.6) is 0 Å². The normalized spacial score (nSPS) is 28.2. The molecule has 26 nitrogen and oxygen atoms in total. The molecule has 16 unspecified atom stereocenters. The predicted molar refractivity (Wildman–Crippen MR) is 312 cm³/mol. The summed E-state index contributed by atoms with van der Waals surface area (Å²) >= 11 is 0. The largest absolute Gasteiger partial charge is 0.394 e. The van der Waals surface area contributed by atoms with Crippen molar-refractivity contribution in [3.63, 3.8) is 0 Å². The van der Waals surface area contributed by atoms with Gasteiger partial charge < -0.3 is 99.2 Å². The van der Waals surface area contributed by atoms with Gasteiger partial charge in [0.1, 0.15) is 59.8 Å². The van der Waals surface area contributed by atoms with Crippen LogP contribution in [-0.2, 0) is 71.4 Å². The average molecular weight is 1250 g/mol. The second kappa shape index (κ2) is 44.4. The van der Waals surface area contributed by atoms with Crippen molar-refractivity contribution in [1.29, 1.82) is 0 Å². The Bertz CT molecular complexity index is 1840. The molecule has 26 heteroatoms. The molecule has 506 valence electrons. The average Bonchev–Trinajstić information content (AvgIpc) is 3.70. The maximum absolute atomic E-state index is 12.8. The van der Waals surface area contributed by atoms with Crippen LogP contribution < -0.4 is 10.6 Å². The molecule has 11 N–H and O–H groups in total. The lowest BCUT2D eigenvalue weighted by atomic mass is 9.92. The van der Waals surface area contributed by atoms with Crippen LogP contribution >= 0.6 is 0 Å². The highest BCUT2D eigenvalue weighted by atomic mass is 16.7. The molecule has 3 fully saturated rings. The van der Waals surface area contributed by atoms with Gasteiger partial charge in [0.25, 0.3) is 0 Å². The van der Waals surface area contributed by atoms with Crippen LogP contribution in [0.3, 0.4) is 0 Å². The molecular formula is C61H108N2O24. The number of hydrogen-bond acceptors (Lipinski definition) is 24. The van der Waals surface area contributed by atoms with Gasteiger partial charge >= 0.3 is 0 Å². The summed E-state index contributed by atoms with van der Waals surface area (Å²) in [6, 6.07) is 0. The zero-order chi connectivity index (χ0) is 64.2. The number of Topliss-reactive ketones (excluding diaryl/α,β-unsaturated/α-hetero) is 4. The molecule has 0 aromatic rings. The van der Waals surface area contributed by atoms with Crippen LogP contribution in [0.25, 0.3) is 0 Å². The molecule has 3 aliphatic heterocycles. The highest BCUT2D eigenvalue weighted by Crippen LogP contribution is 2.30. The van der Waals surface area contributed by atoms with Crippen molar-refractivity contribution in [3.8, 4) is 0 Å². The number of rotatable bonds is 50. The minimum absolute atomic E-state index is 0.0269. The van der Waals surface area contributed by atoms with E-state index in [1.807, 2.05) is 6.92 Å². The van der Waals surface area contributed by atoms with Crippen molar-refractivity contribution in [2.75, 3.05) is 92.4 Å². The topological polar surface area (TPSA) is 392 Å². The third kappa shape index (κ3) is 30.7. The first-order valence-corrected chi connectivity index (χ1v) is 31.7. The zero-order valence-electron chi connectivity index (χ0n) is 52.1. The van der Waals surface area contributed by atoms with E-state index < -0.39 is 117 Å². The van der Waals surface area contributed by atoms with Gasteiger partial charge in [-0.3, -0.25) is 28.8 Å². The van der Waals surface area contributed by atoms with E-state index in [1.165, 1.54) is 0 Å². The minimum atomic E-state index is -1.21. The number of hydrogen-bond donors (Lipinski definition) is 11.